The quantitative estimate of drug-likeness (QED) is 0.722. The number of rotatable bonds is 4. The van der Waals surface area contributed by atoms with E-state index >= 15 is 0 Å². The summed E-state index contributed by atoms with van der Waals surface area (Å²) in [5.41, 5.74) is 1.40. The molecule has 0 atom stereocenters. The number of piperazine rings is 1. The van der Waals surface area contributed by atoms with Crippen LogP contribution in [0.15, 0.2) is 53.5 Å². The van der Waals surface area contributed by atoms with E-state index in [4.69, 9.17) is 0 Å². The molecule has 0 unspecified atom stereocenters. The second-order valence-corrected chi connectivity index (χ2v) is 7.09. The summed E-state index contributed by atoms with van der Waals surface area (Å²) in [6, 6.07) is 12.9. The number of fused-ring (bicyclic) bond motifs is 1. The van der Waals surface area contributed by atoms with Crippen molar-refractivity contribution in [2.24, 2.45) is 0 Å². The molecule has 2 aromatic heterocycles. The van der Waals surface area contributed by atoms with Crippen LogP contribution in [0.25, 0.3) is 10.9 Å². The number of hydrogen-bond acceptors (Lipinski definition) is 5. The van der Waals surface area contributed by atoms with E-state index in [1.54, 1.807) is 12.3 Å². The van der Waals surface area contributed by atoms with Crippen LogP contribution in [0.2, 0.25) is 0 Å². The van der Waals surface area contributed by atoms with Gasteiger partial charge in [-0.05, 0) is 42.3 Å². The van der Waals surface area contributed by atoms with Crippen LogP contribution >= 0.6 is 0 Å². The fourth-order valence-corrected chi connectivity index (χ4v) is 3.37. The van der Waals surface area contributed by atoms with E-state index in [1.807, 2.05) is 36.4 Å². The molecular formula is C21H23N5O2. The Bertz CT molecular complexity index is 1050. The molecule has 0 radical (unpaired) electrons. The van der Waals surface area contributed by atoms with E-state index in [9.17, 15) is 9.59 Å². The fourth-order valence-electron chi connectivity index (χ4n) is 3.37. The molecule has 2 N–H and O–H groups in total. The first-order chi connectivity index (χ1) is 13.6. The molecule has 1 amide bonds. The van der Waals surface area contributed by atoms with Crippen LogP contribution in [0.4, 0.5) is 5.82 Å². The number of nitrogens with one attached hydrogen (secondary N) is 2. The SMILES string of the molecule is CN1CCN(c2cc(CNC(=O)c3cc4ccccc4[nH]c3=O)ccn2)CC1. The normalized spacial score (nSPS) is 15.0. The van der Waals surface area contributed by atoms with Gasteiger partial charge in [0.25, 0.3) is 11.5 Å². The largest absolute Gasteiger partial charge is 0.354 e. The van der Waals surface area contributed by atoms with Crippen LogP contribution in [-0.2, 0) is 6.54 Å². The number of hydrogen-bond donors (Lipinski definition) is 2. The lowest BCUT2D eigenvalue weighted by atomic mass is 10.1. The van der Waals surface area contributed by atoms with E-state index < -0.39 is 0 Å². The first kappa shape index (κ1) is 18.2. The number of carbonyl (C=O) groups excluding carboxylic acids is 1. The number of anilines is 1. The number of likely N-dealkylation sites (N-methyl/N-ethyl adjacent to an activating group) is 1. The summed E-state index contributed by atoms with van der Waals surface area (Å²) < 4.78 is 0. The fraction of sp³-hybridized carbons (Fsp3) is 0.286. The average molecular weight is 377 g/mol. The number of benzene rings is 1. The third-order valence-corrected chi connectivity index (χ3v) is 5.09. The van der Waals surface area contributed by atoms with Crippen molar-refractivity contribution in [2.75, 3.05) is 38.1 Å². The van der Waals surface area contributed by atoms with E-state index in [-0.39, 0.29) is 17.0 Å². The molecule has 1 aliphatic heterocycles. The number of aromatic amines is 1. The predicted octanol–water partition coefficient (Wildman–Crippen LogP) is 1.60. The minimum Gasteiger partial charge on any atom is -0.354 e. The number of H-pyrrole nitrogens is 1. The number of amides is 1. The monoisotopic (exact) mass is 377 g/mol. The Morgan fingerprint density at radius 1 is 1.14 bits per heavy atom. The maximum absolute atomic E-state index is 12.5. The molecule has 0 aliphatic carbocycles. The van der Waals surface area contributed by atoms with Crippen molar-refractivity contribution in [3.63, 3.8) is 0 Å². The highest BCUT2D eigenvalue weighted by molar-refractivity contribution is 5.97. The van der Waals surface area contributed by atoms with E-state index in [0.29, 0.717) is 6.54 Å². The zero-order valence-electron chi connectivity index (χ0n) is 15.8. The molecule has 3 heterocycles. The highest BCUT2D eigenvalue weighted by atomic mass is 16.2. The van der Waals surface area contributed by atoms with Crippen LogP contribution in [-0.4, -0.2) is 54.0 Å². The Morgan fingerprint density at radius 2 is 1.93 bits per heavy atom. The zero-order valence-corrected chi connectivity index (χ0v) is 15.8. The molecule has 3 aromatic rings. The maximum Gasteiger partial charge on any atom is 0.261 e. The zero-order chi connectivity index (χ0) is 19.5. The van der Waals surface area contributed by atoms with Gasteiger partial charge in [-0.15, -0.1) is 0 Å². The Morgan fingerprint density at radius 3 is 2.75 bits per heavy atom. The summed E-state index contributed by atoms with van der Waals surface area (Å²) >= 11 is 0. The van der Waals surface area contributed by atoms with Gasteiger partial charge in [0.1, 0.15) is 11.4 Å². The van der Waals surface area contributed by atoms with E-state index in [2.05, 4.69) is 32.1 Å². The molecule has 4 rings (SSSR count). The second-order valence-electron chi connectivity index (χ2n) is 7.09. The lowest BCUT2D eigenvalue weighted by Gasteiger charge is -2.33. The van der Waals surface area contributed by atoms with Crippen molar-refractivity contribution in [1.29, 1.82) is 0 Å². The van der Waals surface area contributed by atoms with Crippen molar-refractivity contribution in [3.8, 4) is 0 Å². The minimum absolute atomic E-state index is 0.118. The van der Waals surface area contributed by atoms with Gasteiger partial charge in [0.05, 0.1) is 0 Å². The Hall–Kier alpha value is -3.19. The Labute approximate surface area is 163 Å². The summed E-state index contributed by atoms with van der Waals surface area (Å²) in [6.45, 7) is 4.23. The van der Waals surface area contributed by atoms with Gasteiger partial charge >= 0.3 is 0 Å². The smallest absolute Gasteiger partial charge is 0.261 e. The van der Waals surface area contributed by atoms with Crippen molar-refractivity contribution >= 4 is 22.6 Å². The molecule has 1 fully saturated rings. The van der Waals surface area contributed by atoms with Crippen molar-refractivity contribution in [1.82, 2.24) is 20.2 Å². The number of aromatic nitrogens is 2. The second kappa shape index (κ2) is 7.82. The summed E-state index contributed by atoms with van der Waals surface area (Å²) in [7, 11) is 2.12. The van der Waals surface area contributed by atoms with Gasteiger partial charge in [0, 0.05) is 44.4 Å². The van der Waals surface area contributed by atoms with Gasteiger partial charge in [0.15, 0.2) is 0 Å². The highest BCUT2D eigenvalue weighted by Crippen LogP contribution is 2.15. The summed E-state index contributed by atoms with van der Waals surface area (Å²) in [5, 5.41) is 3.67. The third-order valence-electron chi connectivity index (χ3n) is 5.09. The van der Waals surface area contributed by atoms with E-state index in [1.165, 1.54) is 0 Å². The molecule has 7 heteroatoms. The van der Waals surface area contributed by atoms with Gasteiger partial charge in [0.2, 0.25) is 0 Å². The van der Waals surface area contributed by atoms with Crippen LogP contribution in [0.3, 0.4) is 0 Å². The van der Waals surface area contributed by atoms with Gasteiger partial charge in [-0.3, -0.25) is 9.59 Å². The Balaban J connectivity index is 1.46. The van der Waals surface area contributed by atoms with Gasteiger partial charge in [-0.25, -0.2) is 4.98 Å². The topological polar surface area (TPSA) is 81.3 Å². The molecule has 0 bridgehead atoms. The van der Waals surface area contributed by atoms with Crippen molar-refractivity contribution in [3.05, 3.63) is 70.1 Å². The number of nitrogens with zero attached hydrogens (tertiary/aromatic N) is 3. The highest BCUT2D eigenvalue weighted by Gasteiger charge is 2.16. The summed E-state index contributed by atoms with van der Waals surface area (Å²) in [5.74, 6) is 0.536. The standard InChI is InChI=1S/C21H23N5O2/c1-25-8-10-26(11-9-25)19-12-15(6-7-22-19)14-23-20(27)17-13-16-4-2-3-5-18(16)24-21(17)28/h2-7,12-13H,8-11,14H2,1H3,(H,23,27)(H,24,28). The van der Waals surface area contributed by atoms with Gasteiger partial charge in [-0.1, -0.05) is 18.2 Å². The molecule has 1 aromatic carbocycles. The molecule has 0 spiro atoms. The maximum atomic E-state index is 12.5. The number of para-hydroxylation sites is 1. The van der Waals surface area contributed by atoms with Crippen LogP contribution in [0, 0.1) is 0 Å². The van der Waals surface area contributed by atoms with E-state index in [0.717, 1.165) is 48.5 Å². The first-order valence-electron chi connectivity index (χ1n) is 9.39. The molecule has 0 saturated carbocycles. The lowest BCUT2D eigenvalue weighted by molar-refractivity contribution is 0.0949. The molecule has 1 aliphatic rings. The third kappa shape index (κ3) is 3.89. The molecule has 7 nitrogen and oxygen atoms in total. The number of pyridine rings is 2. The van der Waals surface area contributed by atoms with Gasteiger partial charge < -0.3 is 20.1 Å². The number of carbonyl (C=O) groups is 1. The van der Waals surface area contributed by atoms with Crippen LogP contribution < -0.4 is 15.8 Å². The predicted molar refractivity (Wildman–Crippen MR) is 110 cm³/mol. The first-order valence-corrected chi connectivity index (χ1v) is 9.39. The molecule has 144 valence electrons. The molecular weight excluding hydrogens is 354 g/mol. The van der Waals surface area contributed by atoms with Crippen LogP contribution in [0.1, 0.15) is 15.9 Å². The minimum atomic E-state index is -0.385. The molecule has 28 heavy (non-hydrogen) atoms. The summed E-state index contributed by atoms with van der Waals surface area (Å²) in [6.07, 6.45) is 1.76. The Kier molecular flexibility index (Phi) is 5.08. The lowest BCUT2D eigenvalue weighted by Crippen LogP contribution is -2.44. The van der Waals surface area contributed by atoms with Gasteiger partial charge in [-0.2, -0.15) is 0 Å². The summed E-state index contributed by atoms with van der Waals surface area (Å²) in [4.78, 5) is 36.5. The average Bonchev–Trinajstić information content (AvgIpc) is 2.72. The molecule has 1 saturated heterocycles. The van der Waals surface area contributed by atoms with Crippen LogP contribution in [0.5, 0.6) is 0 Å². The van der Waals surface area contributed by atoms with Crippen molar-refractivity contribution in [2.45, 2.75) is 6.54 Å². The van der Waals surface area contributed by atoms with Crippen molar-refractivity contribution < 1.29 is 4.79 Å².